The summed E-state index contributed by atoms with van der Waals surface area (Å²) in [5.74, 6) is 0.0229. The Balaban J connectivity index is 2.94. The van der Waals surface area contributed by atoms with Gasteiger partial charge in [-0.2, -0.15) is 0 Å². The fraction of sp³-hybridized carbons (Fsp3) is 0.462. The van der Waals surface area contributed by atoms with E-state index in [0.717, 1.165) is 12.8 Å². The lowest BCUT2D eigenvalue weighted by atomic mass is 10.1. The maximum absolute atomic E-state index is 12.1. The maximum atomic E-state index is 12.1. The smallest absolute Gasteiger partial charge is 0.262 e. The standard InChI is InChI=1S/C13H16Cl3NO3S/c1-8(2)4-3-7-17-13(18)11-9(14)5-6-10(12(11)15)21(16,19)20/h5-6,8H,3-4,7H2,1-2H3,(H,17,18). The third-order valence-corrected chi connectivity index (χ3v) is 4.97. The Hall–Kier alpha value is -0.490. The number of carbonyl (C=O) groups excluding carboxylic acids is 1. The Bertz CT molecular complexity index is 630. The largest absolute Gasteiger partial charge is 0.352 e. The summed E-state index contributed by atoms with van der Waals surface area (Å²) in [6.07, 6.45) is 1.78. The van der Waals surface area contributed by atoms with E-state index in [-0.39, 0.29) is 20.5 Å². The second-order valence-corrected chi connectivity index (χ2v) is 8.28. The molecule has 0 unspecified atom stereocenters. The van der Waals surface area contributed by atoms with E-state index >= 15 is 0 Å². The zero-order valence-corrected chi connectivity index (χ0v) is 14.7. The molecule has 0 fully saturated rings. The average Bonchev–Trinajstić information content (AvgIpc) is 2.32. The summed E-state index contributed by atoms with van der Waals surface area (Å²) in [6, 6.07) is 2.45. The van der Waals surface area contributed by atoms with Gasteiger partial charge in [-0.15, -0.1) is 0 Å². The van der Waals surface area contributed by atoms with Crippen molar-refractivity contribution in [2.75, 3.05) is 6.54 Å². The third-order valence-electron chi connectivity index (χ3n) is 2.79. The molecule has 1 rings (SSSR count). The molecule has 21 heavy (non-hydrogen) atoms. The summed E-state index contributed by atoms with van der Waals surface area (Å²) < 4.78 is 22.8. The van der Waals surface area contributed by atoms with Crippen molar-refractivity contribution in [2.24, 2.45) is 5.92 Å². The van der Waals surface area contributed by atoms with Gasteiger partial charge >= 0.3 is 0 Å². The lowest BCUT2D eigenvalue weighted by molar-refractivity contribution is 0.0952. The number of hydrogen-bond acceptors (Lipinski definition) is 3. The molecular formula is C13H16Cl3NO3S. The van der Waals surface area contributed by atoms with Crippen LogP contribution in [0.25, 0.3) is 0 Å². The molecule has 0 aromatic heterocycles. The second-order valence-electron chi connectivity index (χ2n) is 4.96. The molecule has 1 amide bonds. The highest BCUT2D eigenvalue weighted by Crippen LogP contribution is 2.32. The van der Waals surface area contributed by atoms with E-state index in [9.17, 15) is 13.2 Å². The van der Waals surface area contributed by atoms with Gasteiger partial charge in [-0.3, -0.25) is 4.79 Å². The Labute approximate surface area is 139 Å². The van der Waals surface area contributed by atoms with Gasteiger partial charge in [0, 0.05) is 17.2 Å². The average molecular weight is 373 g/mol. The molecule has 0 aliphatic heterocycles. The van der Waals surface area contributed by atoms with E-state index < -0.39 is 15.0 Å². The Morgan fingerprint density at radius 2 is 1.90 bits per heavy atom. The molecule has 0 saturated carbocycles. The number of nitrogens with one attached hydrogen (secondary N) is 1. The molecular weight excluding hydrogens is 357 g/mol. The topological polar surface area (TPSA) is 63.2 Å². The van der Waals surface area contributed by atoms with Crippen LogP contribution >= 0.6 is 33.9 Å². The van der Waals surface area contributed by atoms with E-state index in [1.165, 1.54) is 12.1 Å². The summed E-state index contributed by atoms with van der Waals surface area (Å²) >= 11 is 11.9. The highest BCUT2D eigenvalue weighted by Gasteiger charge is 2.23. The molecule has 0 heterocycles. The number of amides is 1. The zero-order valence-electron chi connectivity index (χ0n) is 11.6. The van der Waals surface area contributed by atoms with Crippen molar-refractivity contribution in [3.63, 3.8) is 0 Å². The fourth-order valence-corrected chi connectivity index (χ4v) is 3.63. The van der Waals surface area contributed by atoms with Crippen LogP contribution in [0, 0.1) is 5.92 Å². The fourth-order valence-electron chi connectivity index (χ4n) is 1.73. The number of carbonyl (C=O) groups is 1. The van der Waals surface area contributed by atoms with Crippen LogP contribution in [0.2, 0.25) is 10.0 Å². The zero-order chi connectivity index (χ0) is 16.2. The first kappa shape index (κ1) is 18.6. The molecule has 4 nitrogen and oxygen atoms in total. The number of benzene rings is 1. The highest BCUT2D eigenvalue weighted by atomic mass is 35.7. The van der Waals surface area contributed by atoms with Gasteiger partial charge < -0.3 is 5.32 Å². The van der Waals surface area contributed by atoms with Crippen molar-refractivity contribution >= 4 is 48.8 Å². The molecule has 0 aliphatic rings. The third kappa shape index (κ3) is 5.33. The summed E-state index contributed by atoms with van der Waals surface area (Å²) in [7, 11) is 1.23. The minimum atomic E-state index is -4.04. The summed E-state index contributed by atoms with van der Waals surface area (Å²) in [5, 5.41) is 2.48. The minimum Gasteiger partial charge on any atom is -0.352 e. The highest BCUT2D eigenvalue weighted by molar-refractivity contribution is 8.13. The maximum Gasteiger partial charge on any atom is 0.262 e. The van der Waals surface area contributed by atoms with Crippen molar-refractivity contribution in [3.8, 4) is 0 Å². The number of hydrogen-bond donors (Lipinski definition) is 1. The predicted molar refractivity (Wildman–Crippen MR) is 85.9 cm³/mol. The van der Waals surface area contributed by atoms with Crippen LogP contribution in [0.15, 0.2) is 17.0 Å². The van der Waals surface area contributed by atoms with Crippen LogP contribution in [0.3, 0.4) is 0 Å². The number of halogens is 3. The number of rotatable bonds is 6. The summed E-state index contributed by atoms with van der Waals surface area (Å²) in [6.45, 7) is 4.64. The van der Waals surface area contributed by atoms with Crippen molar-refractivity contribution < 1.29 is 13.2 Å². The van der Waals surface area contributed by atoms with E-state index in [1.54, 1.807) is 0 Å². The van der Waals surface area contributed by atoms with Crippen molar-refractivity contribution in [1.82, 2.24) is 5.32 Å². The quantitative estimate of drug-likeness (QED) is 0.604. The van der Waals surface area contributed by atoms with E-state index in [4.69, 9.17) is 33.9 Å². The second kappa shape index (κ2) is 7.68. The van der Waals surface area contributed by atoms with Crippen molar-refractivity contribution in [2.45, 2.75) is 31.6 Å². The van der Waals surface area contributed by atoms with Gasteiger partial charge in [0.05, 0.1) is 15.6 Å². The molecule has 0 atom stereocenters. The molecule has 0 bridgehead atoms. The molecule has 0 radical (unpaired) electrons. The Morgan fingerprint density at radius 1 is 1.29 bits per heavy atom. The SMILES string of the molecule is CC(C)CCCNC(=O)c1c(Cl)ccc(S(=O)(=O)Cl)c1Cl. The van der Waals surface area contributed by atoms with Crippen LogP contribution in [0.1, 0.15) is 37.0 Å². The molecule has 1 aromatic carbocycles. The summed E-state index contributed by atoms with van der Waals surface area (Å²) in [5.41, 5.74) is -0.0791. The molecule has 8 heteroatoms. The van der Waals surface area contributed by atoms with Gasteiger partial charge in [0.2, 0.25) is 0 Å². The Kier molecular flexibility index (Phi) is 6.78. The van der Waals surface area contributed by atoms with E-state index in [2.05, 4.69) is 19.2 Å². The molecule has 118 valence electrons. The summed E-state index contributed by atoms with van der Waals surface area (Å²) in [4.78, 5) is 11.8. The molecule has 0 spiro atoms. The molecule has 0 saturated heterocycles. The lowest BCUT2D eigenvalue weighted by Gasteiger charge is -2.11. The van der Waals surface area contributed by atoms with Gasteiger partial charge in [-0.25, -0.2) is 8.42 Å². The lowest BCUT2D eigenvalue weighted by Crippen LogP contribution is -2.25. The molecule has 1 N–H and O–H groups in total. The van der Waals surface area contributed by atoms with E-state index in [1.807, 2.05) is 0 Å². The first-order chi connectivity index (χ1) is 9.64. The minimum absolute atomic E-state index is 0.0745. The van der Waals surface area contributed by atoms with Gasteiger partial charge in [-0.1, -0.05) is 37.0 Å². The predicted octanol–water partition coefficient (Wildman–Crippen LogP) is 4.09. The van der Waals surface area contributed by atoms with Crippen LogP contribution < -0.4 is 5.32 Å². The normalized spacial score (nSPS) is 11.7. The van der Waals surface area contributed by atoms with Crippen LogP contribution in [0.5, 0.6) is 0 Å². The van der Waals surface area contributed by atoms with E-state index in [0.29, 0.717) is 12.5 Å². The van der Waals surface area contributed by atoms with Gasteiger partial charge in [0.1, 0.15) is 4.90 Å². The first-order valence-electron chi connectivity index (χ1n) is 6.35. The van der Waals surface area contributed by atoms with Crippen LogP contribution in [-0.2, 0) is 9.05 Å². The van der Waals surface area contributed by atoms with Gasteiger partial charge in [-0.05, 0) is 30.9 Å². The first-order valence-corrected chi connectivity index (χ1v) is 9.42. The van der Waals surface area contributed by atoms with Crippen LogP contribution in [0.4, 0.5) is 0 Å². The monoisotopic (exact) mass is 371 g/mol. The Morgan fingerprint density at radius 3 is 2.43 bits per heavy atom. The van der Waals surface area contributed by atoms with Crippen molar-refractivity contribution in [1.29, 1.82) is 0 Å². The molecule has 0 aliphatic carbocycles. The molecule has 1 aromatic rings. The van der Waals surface area contributed by atoms with Crippen LogP contribution in [-0.4, -0.2) is 20.9 Å². The van der Waals surface area contributed by atoms with Crippen molar-refractivity contribution in [3.05, 3.63) is 27.7 Å². The van der Waals surface area contributed by atoms with Gasteiger partial charge in [0.15, 0.2) is 0 Å². The van der Waals surface area contributed by atoms with Gasteiger partial charge in [0.25, 0.3) is 15.0 Å².